The molecule has 0 heterocycles. The standard InChI is InChI=1S/C67H118O6/c1-4-7-10-13-16-19-22-25-28-31-33-36-39-42-45-48-51-54-57-60-66(69)72-63-64(62-71-65(68)59-56-53-50-47-44-41-38-35-30-27-24-21-18-15-12-9-6-3)73-67(70)61-58-55-52-49-46-43-40-37-34-32-29-26-23-20-17-14-11-8-5-2/h18,21,25-30,38,41,47,50,64H,4-17,19-20,22-24,31-37,39-40,42-46,48-49,51-63H2,1-3H3/b21-18-,28-25-,29-26-,30-27-,41-38-,50-47-/t64-/m1/s1. The lowest BCUT2D eigenvalue weighted by Gasteiger charge is -2.18. The van der Waals surface area contributed by atoms with Gasteiger partial charge in [0.15, 0.2) is 6.10 Å². The summed E-state index contributed by atoms with van der Waals surface area (Å²) in [7, 11) is 0. The van der Waals surface area contributed by atoms with Gasteiger partial charge in [-0.25, -0.2) is 0 Å². The van der Waals surface area contributed by atoms with Crippen LogP contribution >= 0.6 is 0 Å². The molecular formula is C67H118O6. The Morgan fingerprint density at radius 3 is 0.863 bits per heavy atom. The van der Waals surface area contributed by atoms with Gasteiger partial charge in [-0.1, -0.05) is 261 Å². The molecule has 0 bridgehead atoms. The summed E-state index contributed by atoms with van der Waals surface area (Å²) < 4.78 is 16.9. The van der Waals surface area contributed by atoms with Gasteiger partial charge in [0.1, 0.15) is 13.2 Å². The average Bonchev–Trinajstić information content (AvgIpc) is 3.39. The number of carbonyl (C=O) groups excluding carboxylic acids is 3. The molecule has 0 radical (unpaired) electrons. The third-order valence-electron chi connectivity index (χ3n) is 13.7. The Morgan fingerprint density at radius 1 is 0.274 bits per heavy atom. The monoisotopic (exact) mass is 1020 g/mol. The van der Waals surface area contributed by atoms with Crippen molar-refractivity contribution in [1.29, 1.82) is 0 Å². The molecule has 0 aliphatic rings. The summed E-state index contributed by atoms with van der Waals surface area (Å²) in [5.41, 5.74) is 0. The molecule has 0 aromatic carbocycles. The number of rotatable bonds is 57. The van der Waals surface area contributed by atoms with Crippen LogP contribution in [-0.4, -0.2) is 37.2 Å². The molecule has 0 aliphatic carbocycles. The highest BCUT2D eigenvalue weighted by molar-refractivity contribution is 5.71. The number of carbonyl (C=O) groups is 3. The van der Waals surface area contributed by atoms with E-state index < -0.39 is 6.10 Å². The van der Waals surface area contributed by atoms with E-state index in [0.717, 1.165) is 64.2 Å². The molecule has 0 saturated heterocycles. The lowest BCUT2D eigenvalue weighted by atomic mass is 10.1. The maximum atomic E-state index is 12.9. The minimum absolute atomic E-state index is 0.0928. The molecule has 0 N–H and O–H groups in total. The van der Waals surface area contributed by atoms with Crippen LogP contribution in [0.1, 0.15) is 316 Å². The Kier molecular flexibility index (Phi) is 58.7. The van der Waals surface area contributed by atoms with Crippen molar-refractivity contribution in [3.63, 3.8) is 0 Å². The molecule has 0 spiro atoms. The van der Waals surface area contributed by atoms with Crippen molar-refractivity contribution in [2.75, 3.05) is 13.2 Å². The number of unbranched alkanes of at least 4 members (excludes halogenated alkanes) is 34. The first-order valence-corrected chi connectivity index (χ1v) is 31.4. The van der Waals surface area contributed by atoms with Crippen molar-refractivity contribution in [2.45, 2.75) is 322 Å². The van der Waals surface area contributed by atoms with Crippen LogP contribution < -0.4 is 0 Å². The molecule has 0 aromatic rings. The van der Waals surface area contributed by atoms with E-state index in [1.165, 1.54) is 205 Å². The minimum atomic E-state index is -0.800. The molecule has 6 heteroatoms. The van der Waals surface area contributed by atoms with Crippen molar-refractivity contribution in [2.24, 2.45) is 0 Å². The summed E-state index contributed by atoms with van der Waals surface area (Å²) in [6, 6.07) is 0. The largest absolute Gasteiger partial charge is 0.462 e. The molecule has 1 atom stereocenters. The zero-order valence-corrected chi connectivity index (χ0v) is 48.4. The number of esters is 3. The summed E-state index contributed by atoms with van der Waals surface area (Å²) >= 11 is 0. The van der Waals surface area contributed by atoms with Crippen LogP contribution in [0.25, 0.3) is 0 Å². The van der Waals surface area contributed by atoms with Crippen LogP contribution in [0.15, 0.2) is 72.9 Å². The van der Waals surface area contributed by atoms with Gasteiger partial charge in [0.25, 0.3) is 0 Å². The van der Waals surface area contributed by atoms with Crippen molar-refractivity contribution in [1.82, 2.24) is 0 Å². The third-order valence-corrected chi connectivity index (χ3v) is 13.7. The van der Waals surface area contributed by atoms with Crippen molar-refractivity contribution in [3.8, 4) is 0 Å². The lowest BCUT2D eigenvalue weighted by molar-refractivity contribution is -0.167. The van der Waals surface area contributed by atoms with E-state index >= 15 is 0 Å². The van der Waals surface area contributed by atoms with Crippen LogP contribution in [0.5, 0.6) is 0 Å². The Morgan fingerprint density at radius 2 is 0.507 bits per heavy atom. The molecule has 0 amide bonds. The van der Waals surface area contributed by atoms with Crippen LogP contribution in [0.2, 0.25) is 0 Å². The highest BCUT2D eigenvalue weighted by atomic mass is 16.6. The second-order valence-electron chi connectivity index (χ2n) is 21.0. The molecular weight excluding hydrogens is 901 g/mol. The van der Waals surface area contributed by atoms with Gasteiger partial charge in [-0.3, -0.25) is 14.4 Å². The maximum Gasteiger partial charge on any atom is 0.306 e. The van der Waals surface area contributed by atoms with Crippen LogP contribution in [0.4, 0.5) is 0 Å². The number of hydrogen-bond acceptors (Lipinski definition) is 6. The molecule has 0 fully saturated rings. The smallest absolute Gasteiger partial charge is 0.306 e. The van der Waals surface area contributed by atoms with Gasteiger partial charge in [-0.2, -0.15) is 0 Å². The molecule has 73 heavy (non-hydrogen) atoms. The maximum absolute atomic E-state index is 12.9. The van der Waals surface area contributed by atoms with Crippen LogP contribution in [0.3, 0.4) is 0 Å². The Bertz CT molecular complexity index is 1360. The SMILES string of the molecule is CCCCC/C=C\C/C=C\C/C=C\C/C=C\CCCC(=O)OC[C@H](COC(=O)CCCCCCCCCCC/C=C\CCCCCCCC)OC(=O)CCCCCCCCCCC/C=C\CCCCCCCC. The predicted octanol–water partition coefficient (Wildman–Crippen LogP) is 21.3. The van der Waals surface area contributed by atoms with E-state index in [9.17, 15) is 14.4 Å². The second-order valence-corrected chi connectivity index (χ2v) is 21.0. The molecule has 422 valence electrons. The van der Waals surface area contributed by atoms with Gasteiger partial charge in [-0.05, 0) is 109 Å². The number of ether oxygens (including phenoxy) is 3. The predicted molar refractivity (Wildman–Crippen MR) is 316 cm³/mol. The quantitative estimate of drug-likeness (QED) is 0.0261. The summed E-state index contributed by atoms with van der Waals surface area (Å²) in [5.74, 6) is -0.942. The fourth-order valence-corrected chi connectivity index (χ4v) is 8.90. The van der Waals surface area contributed by atoms with Gasteiger partial charge >= 0.3 is 17.9 Å². The lowest BCUT2D eigenvalue weighted by Crippen LogP contribution is -2.30. The Hall–Kier alpha value is -3.15. The molecule has 0 aliphatic heterocycles. The van der Waals surface area contributed by atoms with Crippen molar-refractivity contribution >= 4 is 17.9 Å². The van der Waals surface area contributed by atoms with E-state index in [2.05, 4.69) is 93.7 Å². The first-order chi connectivity index (χ1) is 36.0. The van der Waals surface area contributed by atoms with E-state index in [1.54, 1.807) is 0 Å². The molecule has 0 rings (SSSR count). The van der Waals surface area contributed by atoms with Crippen LogP contribution in [-0.2, 0) is 28.6 Å². The van der Waals surface area contributed by atoms with Gasteiger partial charge in [0.05, 0.1) is 0 Å². The topological polar surface area (TPSA) is 78.9 Å². The highest BCUT2D eigenvalue weighted by Gasteiger charge is 2.19. The molecule has 0 aromatic heterocycles. The van der Waals surface area contributed by atoms with Crippen molar-refractivity contribution in [3.05, 3.63) is 72.9 Å². The summed E-state index contributed by atoms with van der Waals surface area (Å²) in [6.07, 6.45) is 79.0. The normalized spacial score (nSPS) is 12.5. The van der Waals surface area contributed by atoms with E-state index in [1.807, 2.05) is 0 Å². The number of allylic oxidation sites excluding steroid dienone is 12. The summed E-state index contributed by atoms with van der Waals surface area (Å²) in [4.78, 5) is 38.3. The zero-order chi connectivity index (χ0) is 52.9. The molecule has 0 unspecified atom stereocenters. The second kappa shape index (κ2) is 61.4. The summed E-state index contributed by atoms with van der Waals surface area (Å²) in [5, 5.41) is 0. The Balaban J connectivity index is 4.44. The van der Waals surface area contributed by atoms with Crippen LogP contribution in [0, 0.1) is 0 Å². The fourth-order valence-electron chi connectivity index (χ4n) is 8.90. The van der Waals surface area contributed by atoms with Gasteiger partial charge in [-0.15, -0.1) is 0 Å². The number of hydrogen-bond donors (Lipinski definition) is 0. The van der Waals surface area contributed by atoms with Crippen molar-refractivity contribution < 1.29 is 28.6 Å². The molecule has 6 nitrogen and oxygen atoms in total. The van der Waals surface area contributed by atoms with E-state index in [-0.39, 0.29) is 37.5 Å². The first-order valence-electron chi connectivity index (χ1n) is 31.4. The summed E-state index contributed by atoms with van der Waals surface area (Å²) in [6.45, 7) is 6.59. The zero-order valence-electron chi connectivity index (χ0n) is 48.4. The van der Waals surface area contributed by atoms with Gasteiger partial charge < -0.3 is 14.2 Å². The third kappa shape index (κ3) is 59.6. The average molecular weight is 1020 g/mol. The van der Waals surface area contributed by atoms with E-state index in [0.29, 0.717) is 19.3 Å². The highest BCUT2D eigenvalue weighted by Crippen LogP contribution is 2.16. The van der Waals surface area contributed by atoms with Gasteiger partial charge in [0, 0.05) is 19.3 Å². The fraction of sp³-hybridized carbons (Fsp3) is 0.776. The van der Waals surface area contributed by atoms with Gasteiger partial charge in [0.2, 0.25) is 0 Å². The minimum Gasteiger partial charge on any atom is -0.462 e. The first kappa shape index (κ1) is 69.8. The molecule has 0 saturated carbocycles. The Labute approximate surface area is 453 Å². The van der Waals surface area contributed by atoms with E-state index in [4.69, 9.17) is 14.2 Å².